The van der Waals surface area contributed by atoms with E-state index in [1.54, 1.807) is 33.7 Å². The molecule has 2 amide bonds. The number of aliphatic hydroxyl groups is 1. The molecule has 0 saturated carbocycles. The standard InChI is InChI=1S/C29H38N2O5S/c1-6-8-15-36-28(35)23-22-16-19(5)29(37-22)24(23)26(33)31(21(17-32)20-12-10-9-11-13-20)25(29)27(34)30(14-7-2)18(3)4/h6-7,9-13,18-19,21-25,32H,1-2,8,14-17H2,3-5H3/t19?,21-,22-,23+,24+,25?,29?/m1/s1. The summed E-state index contributed by atoms with van der Waals surface area (Å²) in [6.45, 7) is 13.7. The summed E-state index contributed by atoms with van der Waals surface area (Å²) in [5.74, 6) is -2.09. The van der Waals surface area contributed by atoms with Crippen molar-refractivity contribution in [2.75, 3.05) is 19.8 Å². The smallest absolute Gasteiger partial charge is 0.310 e. The largest absolute Gasteiger partial charge is 0.465 e. The average Bonchev–Trinajstić information content (AvgIpc) is 3.47. The number of carbonyl (C=O) groups excluding carboxylic acids is 3. The molecule has 3 aliphatic rings. The number of hydrogen-bond acceptors (Lipinski definition) is 6. The molecule has 3 fully saturated rings. The predicted octanol–water partition coefficient (Wildman–Crippen LogP) is 3.60. The third-order valence-corrected chi connectivity index (χ3v) is 10.3. The highest BCUT2D eigenvalue weighted by molar-refractivity contribution is 8.02. The van der Waals surface area contributed by atoms with Crippen LogP contribution in [0.5, 0.6) is 0 Å². The molecule has 200 valence electrons. The number of ether oxygens (including phenoxy) is 1. The van der Waals surface area contributed by atoms with Gasteiger partial charge in [0.25, 0.3) is 0 Å². The minimum atomic E-state index is -0.819. The summed E-state index contributed by atoms with van der Waals surface area (Å²) in [5.41, 5.74) is 0.754. The molecule has 0 radical (unpaired) electrons. The highest BCUT2D eigenvalue weighted by Crippen LogP contribution is 2.69. The Morgan fingerprint density at radius 1 is 1.27 bits per heavy atom. The normalized spacial score (nSPS) is 30.8. The van der Waals surface area contributed by atoms with Gasteiger partial charge in [0.2, 0.25) is 11.8 Å². The van der Waals surface area contributed by atoms with Gasteiger partial charge in [-0.05, 0) is 38.2 Å². The zero-order valence-corrected chi connectivity index (χ0v) is 22.7. The van der Waals surface area contributed by atoms with Crippen molar-refractivity contribution in [3.05, 3.63) is 61.2 Å². The molecule has 1 spiro atoms. The molecule has 1 N–H and O–H groups in total. The third-order valence-electron chi connectivity index (χ3n) is 8.18. The molecule has 0 aliphatic carbocycles. The van der Waals surface area contributed by atoms with Gasteiger partial charge in [-0.15, -0.1) is 24.9 Å². The minimum absolute atomic E-state index is 0.0282. The zero-order valence-electron chi connectivity index (χ0n) is 21.9. The van der Waals surface area contributed by atoms with Gasteiger partial charge in [-0.1, -0.05) is 49.4 Å². The fraction of sp³-hybridized carbons (Fsp3) is 0.552. The first-order valence-corrected chi connectivity index (χ1v) is 14.0. The van der Waals surface area contributed by atoms with Crippen LogP contribution in [0.1, 0.15) is 45.2 Å². The summed E-state index contributed by atoms with van der Waals surface area (Å²) in [6, 6.07) is 7.68. The van der Waals surface area contributed by atoms with Crippen LogP contribution >= 0.6 is 11.8 Å². The summed E-state index contributed by atoms with van der Waals surface area (Å²) >= 11 is 1.61. The van der Waals surface area contributed by atoms with Gasteiger partial charge in [0.1, 0.15) is 6.04 Å². The number of benzene rings is 1. The Morgan fingerprint density at radius 3 is 2.57 bits per heavy atom. The molecule has 0 aromatic heterocycles. The van der Waals surface area contributed by atoms with Crippen LogP contribution in [-0.2, 0) is 19.1 Å². The lowest BCUT2D eigenvalue weighted by molar-refractivity contribution is -0.155. The summed E-state index contributed by atoms with van der Waals surface area (Å²) < 4.78 is 4.80. The number of likely N-dealkylation sites (tertiary alicyclic amines) is 1. The number of thioether (sulfide) groups is 1. The number of hydrogen-bond donors (Lipinski definition) is 1. The molecule has 7 atom stereocenters. The van der Waals surface area contributed by atoms with Gasteiger partial charge >= 0.3 is 5.97 Å². The van der Waals surface area contributed by atoms with E-state index in [2.05, 4.69) is 20.1 Å². The van der Waals surface area contributed by atoms with E-state index in [1.165, 1.54) is 0 Å². The van der Waals surface area contributed by atoms with Crippen molar-refractivity contribution < 1.29 is 24.2 Å². The van der Waals surface area contributed by atoms with Crippen LogP contribution in [0.25, 0.3) is 0 Å². The van der Waals surface area contributed by atoms with Crippen LogP contribution < -0.4 is 0 Å². The first-order valence-electron chi connectivity index (χ1n) is 13.1. The van der Waals surface area contributed by atoms with Crippen molar-refractivity contribution in [1.82, 2.24) is 9.80 Å². The fourth-order valence-electron chi connectivity index (χ4n) is 6.56. The molecule has 37 heavy (non-hydrogen) atoms. The molecule has 3 saturated heterocycles. The number of aliphatic hydroxyl groups excluding tert-OH is 1. The van der Waals surface area contributed by atoms with Crippen molar-refractivity contribution in [2.45, 2.75) is 61.7 Å². The molecule has 3 aliphatic heterocycles. The van der Waals surface area contributed by atoms with Crippen LogP contribution in [0.4, 0.5) is 0 Å². The molecule has 3 heterocycles. The van der Waals surface area contributed by atoms with Gasteiger partial charge < -0.3 is 19.6 Å². The molecule has 3 unspecified atom stereocenters. The van der Waals surface area contributed by atoms with E-state index >= 15 is 0 Å². The Kier molecular flexibility index (Phi) is 8.19. The van der Waals surface area contributed by atoms with Crippen LogP contribution in [0.2, 0.25) is 0 Å². The lowest BCUT2D eigenvalue weighted by Gasteiger charge is -2.42. The summed E-state index contributed by atoms with van der Waals surface area (Å²) in [7, 11) is 0. The molecule has 7 nitrogen and oxygen atoms in total. The second-order valence-corrected chi connectivity index (χ2v) is 12.1. The topological polar surface area (TPSA) is 87.1 Å². The highest BCUT2D eigenvalue weighted by Gasteiger charge is 2.77. The van der Waals surface area contributed by atoms with Crippen molar-refractivity contribution in [2.24, 2.45) is 17.8 Å². The quantitative estimate of drug-likeness (QED) is 0.269. The molecule has 2 bridgehead atoms. The summed E-state index contributed by atoms with van der Waals surface area (Å²) in [4.78, 5) is 45.5. The van der Waals surface area contributed by atoms with E-state index in [4.69, 9.17) is 4.74 Å². The minimum Gasteiger partial charge on any atom is -0.465 e. The van der Waals surface area contributed by atoms with Crippen molar-refractivity contribution in [1.29, 1.82) is 0 Å². The monoisotopic (exact) mass is 526 g/mol. The number of carbonyl (C=O) groups is 3. The molecular formula is C29H38N2O5S. The Hall–Kier alpha value is -2.58. The van der Waals surface area contributed by atoms with Crippen molar-refractivity contribution >= 4 is 29.5 Å². The maximum absolute atomic E-state index is 14.4. The van der Waals surface area contributed by atoms with E-state index in [0.717, 1.165) is 12.0 Å². The van der Waals surface area contributed by atoms with Gasteiger partial charge in [-0.2, -0.15) is 0 Å². The Labute approximate surface area is 223 Å². The predicted molar refractivity (Wildman–Crippen MR) is 145 cm³/mol. The van der Waals surface area contributed by atoms with Gasteiger partial charge in [0.05, 0.1) is 35.8 Å². The van der Waals surface area contributed by atoms with Crippen LogP contribution in [0.3, 0.4) is 0 Å². The van der Waals surface area contributed by atoms with Gasteiger partial charge in [0.15, 0.2) is 0 Å². The maximum atomic E-state index is 14.4. The van der Waals surface area contributed by atoms with E-state index in [0.29, 0.717) is 13.0 Å². The van der Waals surface area contributed by atoms with E-state index in [-0.39, 0.29) is 48.2 Å². The number of nitrogens with zero attached hydrogens (tertiary/aromatic N) is 2. The number of fused-ring (bicyclic) bond motifs is 1. The van der Waals surface area contributed by atoms with Crippen LogP contribution in [0.15, 0.2) is 55.6 Å². The number of amides is 2. The Balaban J connectivity index is 1.84. The summed E-state index contributed by atoms with van der Waals surface area (Å²) in [5, 5.41) is 10.5. The Morgan fingerprint density at radius 2 is 1.97 bits per heavy atom. The second kappa shape index (κ2) is 11.0. The van der Waals surface area contributed by atoms with E-state index < -0.39 is 28.7 Å². The SMILES string of the molecule is C=CCCOC(=O)[C@@H]1[C@H]2C(=O)N([C@H](CO)c3ccccc3)C(C(=O)N(CC=C)C(C)C)C23S[C@@H]1CC3C. The molecule has 1 aromatic carbocycles. The fourth-order valence-corrected chi connectivity index (χ4v) is 8.95. The van der Waals surface area contributed by atoms with Crippen molar-refractivity contribution in [3.63, 3.8) is 0 Å². The number of esters is 1. The first-order chi connectivity index (χ1) is 17.7. The first kappa shape index (κ1) is 27.5. The molecule has 1 aromatic rings. The van der Waals surface area contributed by atoms with Gasteiger partial charge in [-0.3, -0.25) is 14.4 Å². The third kappa shape index (κ3) is 4.42. The van der Waals surface area contributed by atoms with E-state index in [1.807, 2.05) is 44.2 Å². The molecular weight excluding hydrogens is 488 g/mol. The maximum Gasteiger partial charge on any atom is 0.310 e. The lowest BCUT2D eigenvalue weighted by Crippen LogP contribution is -2.58. The van der Waals surface area contributed by atoms with Crippen LogP contribution in [0, 0.1) is 17.8 Å². The second-order valence-electron chi connectivity index (χ2n) is 10.5. The van der Waals surface area contributed by atoms with E-state index in [9.17, 15) is 19.5 Å². The molecule has 4 rings (SSSR count). The van der Waals surface area contributed by atoms with Crippen molar-refractivity contribution in [3.8, 4) is 0 Å². The van der Waals surface area contributed by atoms with Crippen LogP contribution in [-0.4, -0.2) is 74.5 Å². The summed E-state index contributed by atoms with van der Waals surface area (Å²) in [6.07, 6.45) is 4.65. The highest BCUT2D eigenvalue weighted by atomic mass is 32.2. The lowest BCUT2D eigenvalue weighted by atomic mass is 9.66. The zero-order chi connectivity index (χ0) is 26.9. The average molecular weight is 527 g/mol. The Bertz CT molecular complexity index is 1050. The van der Waals surface area contributed by atoms with Gasteiger partial charge in [-0.25, -0.2) is 0 Å². The van der Waals surface area contributed by atoms with Gasteiger partial charge in [0, 0.05) is 17.8 Å². The number of rotatable bonds is 11. The molecule has 8 heteroatoms.